The number of ether oxygens (including phenoxy) is 2. The van der Waals surface area contributed by atoms with E-state index in [0.717, 1.165) is 37.9 Å². The normalized spacial score (nSPS) is 13.8. The van der Waals surface area contributed by atoms with E-state index in [4.69, 9.17) is 21.1 Å². The van der Waals surface area contributed by atoms with Crippen LogP contribution >= 0.6 is 11.6 Å². The first-order valence-electron chi connectivity index (χ1n) is 10.0. The minimum Gasteiger partial charge on any atom is -0.493 e. The molecule has 1 aromatic heterocycles. The minimum atomic E-state index is -0.126. The number of aromatic nitrogens is 1. The molecule has 1 fully saturated rings. The fourth-order valence-corrected chi connectivity index (χ4v) is 3.90. The summed E-state index contributed by atoms with van der Waals surface area (Å²) in [5.41, 5.74) is 1.21. The highest BCUT2D eigenvalue weighted by molar-refractivity contribution is 6.29. The first-order valence-corrected chi connectivity index (χ1v) is 10.4. The zero-order valence-electron chi connectivity index (χ0n) is 17.5. The van der Waals surface area contributed by atoms with Crippen molar-refractivity contribution in [2.24, 2.45) is 0 Å². The molecule has 7 nitrogen and oxygen atoms in total. The molecule has 1 amide bonds. The second-order valence-corrected chi connectivity index (χ2v) is 7.89. The molecule has 30 heavy (non-hydrogen) atoms. The molecule has 1 aliphatic rings. The molecule has 3 rings (SSSR count). The third-order valence-electron chi connectivity index (χ3n) is 5.27. The van der Waals surface area contributed by atoms with Crippen LogP contribution in [0.3, 0.4) is 0 Å². The number of fused-ring (bicyclic) bond motifs is 1. The lowest BCUT2D eigenvalue weighted by Crippen LogP contribution is -2.30. The number of nitrogens with zero attached hydrogens (tertiary/aromatic N) is 2. The maximum absolute atomic E-state index is 13.1. The molecule has 1 aliphatic heterocycles. The van der Waals surface area contributed by atoms with Crippen molar-refractivity contribution in [2.45, 2.75) is 32.4 Å². The molecule has 0 unspecified atom stereocenters. The number of likely N-dealkylation sites (tertiary alicyclic amines) is 1. The highest BCUT2D eigenvalue weighted by Crippen LogP contribution is 2.32. The average molecular weight is 434 g/mol. The van der Waals surface area contributed by atoms with Crippen LogP contribution in [0, 0.1) is 0 Å². The maximum atomic E-state index is 13.1. The van der Waals surface area contributed by atoms with Crippen LogP contribution < -0.4 is 20.3 Å². The lowest BCUT2D eigenvalue weighted by molar-refractivity contribution is -0.127. The molecule has 0 radical (unpaired) electrons. The van der Waals surface area contributed by atoms with Crippen molar-refractivity contribution in [1.82, 2.24) is 14.8 Å². The molecular formula is C22H28ClN3O4. The van der Waals surface area contributed by atoms with Gasteiger partial charge in [0.15, 0.2) is 11.5 Å². The van der Waals surface area contributed by atoms with Gasteiger partial charge in [0.2, 0.25) is 5.91 Å². The Labute approximate surface area is 181 Å². The van der Waals surface area contributed by atoms with Gasteiger partial charge >= 0.3 is 0 Å². The number of allylic oxidation sites excluding steroid dienone is 1. The number of nitrogens with one attached hydrogen (secondary N) is 1. The fraction of sp³-hybridized carbons (Fsp3) is 0.455. The van der Waals surface area contributed by atoms with Crippen molar-refractivity contribution in [3.05, 3.63) is 45.7 Å². The van der Waals surface area contributed by atoms with Gasteiger partial charge in [0.05, 0.1) is 26.3 Å². The quantitative estimate of drug-likeness (QED) is 0.583. The molecule has 0 aliphatic carbocycles. The minimum absolute atomic E-state index is 0.126. The van der Waals surface area contributed by atoms with Crippen molar-refractivity contribution >= 4 is 28.4 Å². The first-order chi connectivity index (χ1) is 14.4. The fourth-order valence-electron chi connectivity index (χ4n) is 3.78. The van der Waals surface area contributed by atoms with Crippen LogP contribution in [0.25, 0.3) is 10.9 Å². The van der Waals surface area contributed by atoms with Gasteiger partial charge in [0, 0.05) is 48.1 Å². The lowest BCUT2D eigenvalue weighted by Gasteiger charge is -2.17. The zero-order valence-corrected chi connectivity index (χ0v) is 18.3. The molecule has 1 N–H and O–H groups in total. The van der Waals surface area contributed by atoms with E-state index in [0.29, 0.717) is 40.6 Å². The van der Waals surface area contributed by atoms with Gasteiger partial charge in [0.25, 0.3) is 5.56 Å². The van der Waals surface area contributed by atoms with Gasteiger partial charge in [-0.3, -0.25) is 9.59 Å². The Hall–Kier alpha value is -2.51. The highest BCUT2D eigenvalue weighted by atomic mass is 35.5. The van der Waals surface area contributed by atoms with Crippen molar-refractivity contribution < 1.29 is 14.3 Å². The Morgan fingerprint density at radius 3 is 2.57 bits per heavy atom. The van der Waals surface area contributed by atoms with Gasteiger partial charge in [-0.25, -0.2) is 0 Å². The van der Waals surface area contributed by atoms with Gasteiger partial charge in [0.1, 0.15) is 0 Å². The van der Waals surface area contributed by atoms with E-state index in [1.165, 1.54) is 0 Å². The number of hydrogen-bond acceptors (Lipinski definition) is 5. The van der Waals surface area contributed by atoms with Crippen LogP contribution in [0.1, 0.15) is 24.8 Å². The van der Waals surface area contributed by atoms with Crippen molar-refractivity contribution in [1.29, 1.82) is 0 Å². The summed E-state index contributed by atoms with van der Waals surface area (Å²) in [5.74, 6) is 1.37. The second kappa shape index (κ2) is 10.00. The number of carbonyl (C=O) groups excluding carboxylic acids is 1. The van der Waals surface area contributed by atoms with Crippen LogP contribution in [0.15, 0.2) is 34.6 Å². The van der Waals surface area contributed by atoms with Crippen LogP contribution in [-0.4, -0.2) is 49.2 Å². The van der Waals surface area contributed by atoms with Gasteiger partial charge in [-0.05, 0) is 31.5 Å². The molecule has 0 spiro atoms. The average Bonchev–Trinajstić information content (AvgIpc) is 3.14. The second-order valence-electron chi connectivity index (χ2n) is 7.36. The van der Waals surface area contributed by atoms with E-state index in [1.54, 1.807) is 24.9 Å². The van der Waals surface area contributed by atoms with Gasteiger partial charge in [-0.1, -0.05) is 18.2 Å². The Kier molecular flexibility index (Phi) is 7.39. The molecule has 2 aromatic rings. The molecular weight excluding hydrogens is 406 g/mol. The number of benzene rings is 1. The van der Waals surface area contributed by atoms with Crippen molar-refractivity contribution in [3.8, 4) is 11.5 Å². The van der Waals surface area contributed by atoms with Gasteiger partial charge < -0.3 is 24.3 Å². The predicted molar refractivity (Wildman–Crippen MR) is 118 cm³/mol. The van der Waals surface area contributed by atoms with E-state index in [2.05, 4.69) is 11.9 Å². The molecule has 1 aromatic carbocycles. The van der Waals surface area contributed by atoms with Crippen LogP contribution in [0.5, 0.6) is 11.5 Å². The van der Waals surface area contributed by atoms with Crippen molar-refractivity contribution in [3.63, 3.8) is 0 Å². The summed E-state index contributed by atoms with van der Waals surface area (Å²) in [5, 5.41) is 4.54. The number of halogens is 1. The molecule has 8 heteroatoms. The smallest absolute Gasteiger partial charge is 0.255 e. The first kappa shape index (κ1) is 22.2. The summed E-state index contributed by atoms with van der Waals surface area (Å²) in [6, 6.07) is 5.49. The standard InChI is InChI=1S/C22H28ClN3O4/c1-15(23)14-26-18-12-20(30-3)19(29-2)11-16(18)10-17(22(26)28)13-24-7-5-9-25-8-4-6-21(25)27/h10-12,24H,1,4-9,13-14H2,2-3H3. The maximum Gasteiger partial charge on any atom is 0.255 e. The summed E-state index contributed by atoms with van der Waals surface area (Å²) < 4.78 is 12.4. The summed E-state index contributed by atoms with van der Waals surface area (Å²) in [4.78, 5) is 26.7. The van der Waals surface area contributed by atoms with Crippen LogP contribution in [0.2, 0.25) is 0 Å². The van der Waals surface area contributed by atoms with Crippen molar-refractivity contribution in [2.75, 3.05) is 33.9 Å². The predicted octanol–water partition coefficient (Wildman–Crippen LogP) is 2.87. The summed E-state index contributed by atoms with van der Waals surface area (Å²) >= 11 is 6.03. The Morgan fingerprint density at radius 2 is 1.93 bits per heavy atom. The van der Waals surface area contributed by atoms with E-state index in [1.807, 2.05) is 17.0 Å². The largest absolute Gasteiger partial charge is 0.493 e. The molecule has 1 saturated heterocycles. The van der Waals surface area contributed by atoms with Gasteiger partial charge in [-0.15, -0.1) is 0 Å². The number of carbonyl (C=O) groups is 1. The van der Waals surface area contributed by atoms with E-state index < -0.39 is 0 Å². The third kappa shape index (κ3) is 4.96. The van der Waals surface area contributed by atoms with E-state index >= 15 is 0 Å². The Morgan fingerprint density at radius 1 is 1.20 bits per heavy atom. The number of amides is 1. The SMILES string of the molecule is C=C(Cl)Cn1c(=O)c(CNCCCN2CCCC2=O)cc2cc(OC)c(OC)cc21. The molecule has 2 heterocycles. The number of hydrogen-bond donors (Lipinski definition) is 1. The number of pyridine rings is 1. The molecule has 0 bridgehead atoms. The number of methoxy groups -OCH3 is 2. The molecule has 0 atom stereocenters. The third-order valence-corrected chi connectivity index (χ3v) is 5.39. The lowest BCUT2D eigenvalue weighted by atomic mass is 10.1. The summed E-state index contributed by atoms with van der Waals surface area (Å²) in [6.07, 6.45) is 2.45. The van der Waals surface area contributed by atoms with Crippen LogP contribution in [-0.2, 0) is 17.9 Å². The summed E-state index contributed by atoms with van der Waals surface area (Å²) in [7, 11) is 3.13. The summed E-state index contributed by atoms with van der Waals surface area (Å²) in [6.45, 7) is 6.68. The van der Waals surface area contributed by atoms with E-state index in [9.17, 15) is 9.59 Å². The van der Waals surface area contributed by atoms with Gasteiger partial charge in [-0.2, -0.15) is 0 Å². The van der Waals surface area contributed by atoms with E-state index in [-0.39, 0.29) is 18.0 Å². The topological polar surface area (TPSA) is 72.8 Å². The molecule has 0 saturated carbocycles. The Bertz CT molecular complexity index is 1000. The van der Waals surface area contributed by atoms with Crippen LogP contribution in [0.4, 0.5) is 0 Å². The Balaban J connectivity index is 1.79. The zero-order chi connectivity index (χ0) is 21.7. The number of rotatable bonds is 10. The molecule has 162 valence electrons. The highest BCUT2D eigenvalue weighted by Gasteiger charge is 2.19. The monoisotopic (exact) mass is 433 g/mol.